The van der Waals surface area contributed by atoms with E-state index >= 15 is 0 Å². The molecule has 0 heterocycles. The van der Waals surface area contributed by atoms with Crippen molar-refractivity contribution in [2.75, 3.05) is 0 Å². The maximum absolute atomic E-state index is 10.9. The third kappa shape index (κ3) is 2.42. The lowest BCUT2D eigenvalue weighted by Gasteiger charge is -2.04. The lowest BCUT2D eigenvalue weighted by atomic mass is 10.1. The summed E-state index contributed by atoms with van der Waals surface area (Å²) in [5.41, 5.74) is 1.21. The average molecular weight is 257 g/mol. The number of carboxylic acid groups (broad SMARTS) is 1. The van der Waals surface area contributed by atoms with Gasteiger partial charge in [0, 0.05) is 5.56 Å². The van der Waals surface area contributed by atoms with Crippen LogP contribution >= 0.6 is 15.9 Å². The maximum Gasteiger partial charge on any atom is 0.321 e. The number of Topliss-reactive ketones (excluding diaryl/α,β-unsaturated/α-hetero) is 1. The van der Waals surface area contributed by atoms with Crippen molar-refractivity contribution in [2.24, 2.45) is 0 Å². The van der Waals surface area contributed by atoms with E-state index in [1.807, 2.05) is 0 Å². The number of carbonyl (C=O) groups excluding carboxylic acids is 1. The summed E-state index contributed by atoms with van der Waals surface area (Å²) >= 11 is 3.03. The van der Waals surface area contributed by atoms with Crippen LogP contribution in [0.3, 0.4) is 0 Å². The normalized spacial score (nSPS) is 12.1. The van der Waals surface area contributed by atoms with Crippen LogP contribution in [0.15, 0.2) is 24.3 Å². The van der Waals surface area contributed by atoms with Gasteiger partial charge in [-0.2, -0.15) is 0 Å². The molecule has 1 aromatic carbocycles. The second kappa shape index (κ2) is 4.37. The summed E-state index contributed by atoms with van der Waals surface area (Å²) in [6.45, 7) is 1.47. The zero-order valence-corrected chi connectivity index (χ0v) is 9.11. The Hall–Kier alpha value is -1.16. The van der Waals surface area contributed by atoms with Crippen molar-refractivity contribution < 1.29 is 14.7 Å². The van der Waals surface area contributed by atoms with Gasteiger partial charge >= 0.3 is 5.97 Å². The molecule has 14 heavy (non-hydrogen) atoms. The number of carbonyl (C=O) groups is 2. The number of benzene rings is 1. The highest BCUT2D eigenvalue weighted by Gasteiger charge is 2.15. The third-order valence-electron chi connectivity index (χ3n) is 1.83. The molecule has 0 aliphatic rings. The van der Waals surface area contributed by atoms with Gasteiger partial charge in [0.05, 0.1) is 0 Å². The van der Waals surface area contributed by atoms with Gasteiger partial charge in [-0.05, 0) is 12.5 Å². The Bertz CT molecular complexity index is 356. The molecule has 1 unspecified atom stereocenters. The molecule has 74 valence electrons. The molecule has 1 aromatic rings. The maximum atomic E-state index is 10.9. The summed E-state index contributed by atoms with van der Waals surface area (Å²) in [5, 5.41) is 8.70. The molecule has 0 saturated carbocycles. The Morgan fingerprint density at radius 2 is 1.79 bits per heavy atom. The summed E-state index contributed by atoms with van der Waals surface area (Å²) in [6.07, 6.45) is 0. The molecule has 0 fully saturated rings. The molecule has 1 rings (SSSR count). The fourth-order valence-electron chi connectivity index (χ4n) is 1.03. The summed E-state index contributed by atoms with van der Waals surface area (Å²) in [6, 6.07) is 6.50. The highest BCUT2D eigenvalue weighted by Crippen LogP contribution is 2.22. The fraction of sp³-hybridized carbons (Fsp3) is 0.200. The first-order valence-electron chi connectivity index (χ1n) is 4.00. The first kappa shape index (κ1) is 10.9. The highest BCUT2D eigenvalue weighted by molar-refractivity contribution is 9.09. The van der Waals surface area contributed by atoms with E-state index in [0.717, 1.165) is 0 Å². The van der Waals surface area contributed by atoms with Gasteiger partial charge in [0.15, 0.2) is 5.78 Å². The van der Waals surface area contributed by atoms with Gasteiger partial charge in [0.2, 0.25) is 0 Å². The molecule has 0 aliphatic carbocycles. The molecule has 1 N–H and O–H groups in total. The molecule has 3 nitrogen and oxygen atoms in total. The molecule has 0 bridgehead atoms. The Morgan fingerprint density at radius 1 is 1.29 bits per heavy atom. The van der Waals surface area contributed by atoms with Crippen molar-refractivity contribution in [1.29, 1.82) is 0 Å². The lowest BCUT2D eigenvalue weighted by Crippen LogP contribution is -2.04. The number of hydrogen-bond donors (Lipinski definition) is 1. The van der Waals surface area contributed by atoms with E-state index in [4.69, 9.17) is 5.11 Å². The van der Waals surface area contributed by atoms with Crippen LogP contribution in [0, 0.1) is 0 Å². The van der Waals surface area contributed by atoms with Crippen molar-refractivity contribution in [1.82, 2.24) is 0 Å². The minimum absolute atomic E-state index is 0.0296. The average Bonchev–Trinajstić information content (AvgIpc) is 2.16. The van der Waals surface area contributed by atoms with Gasteiger partial charge in [0.1, 0.15) is 4.83 Å². The van der Waals surface area contributed by atoms with Gasteiger partial charge in [0.25, 0.3) is 0 Å². The number of alkyl halides is 1. The smallest absolute Gasteiger partial charge is 0.321 e. The first-order chi connectivity index (χ1) is 6.52. The van der Waals surface area contributed by atoms with Gasteiger partial charge < -0.3 is 5.11 Å². The van der Waals surface area contributed by atoms with Crippen LogP contribution in [0.4, 0.5) is 0 Å². The van der Waals surface area contributed by atoms with Crippen molar-refractivity contribution in [3.63, 3.8) is 0 Å². The van der Waals surface area contributed by atoms with Crippen LogP contribution in [-0.2, 0) is 4.79 Å². The molecule has 1 atom stereocenters. The van der Waals surface area contributed by atoms with Crippen LogP contribution in [0.1, 0.15) is 27.7 Å². The number of rotatable bonds is 3. The van der Waals surface area contributed by atoms with E-state index < -0.39 is 10.8 Å². The predicted octanol–water partition coefficient (Wildman–Crippen LogP) is 2.41. The van der Waals surface area contributed by atoms with Crippen LogP contribution in [0.2, 0.25) is 0 Å². The largest absolute Gasteiger partial charge is 0.480 e. The van der Waals surface area contributed by atoms with Crippen molar-refractivity contribution in [3.8, 4) is 0 Å². The Morgan fingerprint density at radius 3 is 2.14 bits per heavy atom. The molecule has 0 aliphatic heterocycles. The molecule has 4 heteroatoms. The lowest BCUT2D eigenvalue weighted by molar-refractivity contribution is -0.136. The molecule has 0 spiro atoms. The molecule has 0 radical (unpaired) electrons. The minimum atomic E-state index is -0.944. The monoisotopic (exact) mass is 256 g/mol. The second-order valence-corrected chi connectivity index (χ2v) is 3.79. The van der Waals surface area contributed by atoms with Crippen LogP contribution in [0.5, 0.6) is 0 Å². The SMILES string of the molecule is CC(=O)c1ccc(C(Br)C(=O)O)cc1. The van der Waals surface area contributed by atoms with Crippen LogP contribution in [-0.4, -0.2) is 16.9 Å². The summed E-state index contributed by atoms with van der Waals surface area (Å²) < 4.78 is 0. The quantitative estimate of drug-likeness (QED) is 0.668. The first-order valence-corrected chi connectivity index (χ1v) is 4.91. The predicted molar refractivity (Wildman–Crippen MR) is 55.8 cm³/mol. The zero-order valence-electron chi connectivity index (χ0n) is 7.53. The van der Waals surface area contributed by atoms with E-state index in [1.165, 1.54) is 6.92 Å². The Kier molecular flexibility index (Phi) is 3.41. The number of aliphatic carboxylic acids is 1. The molecule has 0 saturated heterocycles. The Labute approximate surface area is 89.9 Å². The highest BCUT2D eigenvalue weighted by atomic mass is 79.9. The number of hydrogen-bond acceptors (Lipinski definition) is 2. The molecular weight excluding hydrogens is 248 g/mol. The third-order valence-corrected chi connectivity index (χ3v) is 2.75. The fourth-order valence-corrected chi connectivity index (χ4v) is 1.33. The van der Waals surface area contributed by atoms with Gasteiger partial charge in [-0.1, -0.05) is 40.2 Å². The molecule has 0 amide bonds. The van der Waals surface area contributed by atoms with Crippen LogP contribution < -0.4 is 0 Å². The van der Waals surface area contributed by atoms with Crippen molar-refractivity contribution >= 4 is 27.7 Å². The number of halogens is 1. The standard InChI is InChI=1S/C10H9BrO3/c1-6(12)7-2-4-8(5-3-7)9(11)10(13)14/h2-5,9H,1H3,(H,13,14). The van der Waals surface area contributed by atoms with E-state index in [0.29, 0.717) is 11.1 Å². The molecule has 0 aromatic heterocycles. The summed E-state index contributed by atoms with van der Waals surface area (Å²) in [5.74, 6) is -0.974. The zero-order chi connectivity index (χ0) is 10.7. The van der Waals surface area contributed by atoms with E-state index in [9.17, 15) is 9.59 Å². The second-order valence-electron chi connectivity index (χ2n) is 2.88. The van der Waals surface area contributed by atoms with E-state index in [2.05, 4.69) is 15.9 Å². The van der Waals surface area contributed by atoms with Gasteiger partial charge in [-0.3, -0.25) is 9.59 Å². The van der Waals surface area contributed by atoms with Crippen LogP contribution in [0.25, 0.3) is 0 Å². The number of carboxylic acids is 1. The topological polar surface area (TPSA) is 54.4 Å². The molecular formula is C10H9BrO3. The summed E-state index contributed by atoms with van der Waals surface area (Å²) in [4.78, 5) is 20.8. The van der Waals surface area contributed by atoms with E-state index in [-0.39, 0.29) is 5.78 Å². The number of ketones is 1. The van der Waals surface area contributed by atoms with E-state index in [1.54, 1.807) is 24.3 Å². The van der Waals surface area contributed by atoms with Gasteiger partial charge in [-0.15, -0.1) is 0 Å². The summed E-state index contributed by atoms with van der Waals surface area (Å²) in [7, 11) is 0. The minimum Gasteiger partial charge on any atom is -0.480 e. The van der Waals surface area contributed by atoms with Gasteiger partial charge in [-0.25, -0.2) is 0 Å². The van der Waals surface area contributed by atoms with Crippen molar-refractivity contribution in [3.05, 3.63) is 35.4 Å². The Balaban J connectivity index is 2.94. The van der Waals surface area contributed by atoms with Crippen molar-refractivity contribution in [2.45, 2.75) is 11.8 Å².